The van der Waals surface area contributed by atoms with Crippen molar-refractivity contribution in [1.29, 1.82) is 0 Å². The average molecular weight is 333 g/mol. The maximum Gasteiger partial charge on any atom is 0.161 e. The van der Waals surface area contributed by atoms with Crippen LogP contribution in [0, 0.1) is 11.7 Å². The van der Waals surface area contributed by atoms with Crippen LogP contribution in [0.4, 0.5) is 10.1 Å². The van der Waals surface area contributed by atoms with Gasteiger partial charge in [-0.1, -0.05) is 26.1 Å². The maximum atomic E-state index is 14.3. The molecule has 0 unspecified atom stereocenters. The van der Waals surface area contributed by atoms with E-state index in [9.17, 15) is 4.39 Å². The lowest BCUT2D eigenvalue weighted by molar-refractivity contribution is 0.583. The zero-order valence-corrected chi connectivity index (χ0v) is 13.2. The number of hydrogen-bond acceptors (Lipinski definition) is 2. The number of nitrogens with zero attached hydrogens (tertiary/aromatic N) is 1. The van der Waals surface area contributed by atoms with Crippen molar-refractivity contribution in [2.75, 3.05) is 18.0 Å². The fourth-order valence-corrected chi connectivity index (χ4v) is 2.66. The Bertz CT molecular complexity index is 449. The molecular formula is C13H18BrFN2S. The van der Waals surface area contributed by atoms with E-state index in [-0.39, 0.29) is 10.8 Å². The van der Waals surface area contributed by atoms with Crippen LogP contribution in [0.15, 0.2) is 16.6 Å². The lowest BCUT2D eigenvalue weighted by Gasteiger charge is -2.26. The molecule has 0 saturated heterocycles. The van der Waals surface area contributed by atoms with E-state index in [0.29, 0.717) is 21.6 Å². The van der Waals surface area contributed by atoms with Crippen molar-refractivity contribution in [2.45, 2.75) is 20.8 Å². The smallest absolute Gasteiger partial charge is 0.161 e. The molecule has 0 heterocycles. The van der Waals surface area contributed by atoms with Gasteiger partial charge in [0.1, 0.15) is 4.99 Å². The number of rotatable bonds is 5. The van der Waals surface area contributed by atoms with E-state index in [4.69, 9.17) is 18.0 Å². The number of nitrogens with two attached hydrogens (primary N) is 1. The van der Waals surface area contributed by atoms with Crippen LogP contribution < -0.4 is 10.6 Å². The summed E-state index contributed by atoms with van der Waals surface area (Å²) in [5, 5.41) is 0. The van der Waals surface area contributed by atoms with E-state index in [1.807, 2.05) is 11.8 Å². The van der Waals surface area contributed by atoms with Crippen LogP contribution in [-0.4, -0.2) is 18.1 Å². The first kappa shape index (κ1) is 15.4. The number of thiocarbonyl (C=S) groups is 1. The minimum Gasteiger partial charge on any atom is -0.389 e. The molecular weight excluding hydrogens is 315 g/mol. The molecule has 0 saturated carbocycles. The summed E-state index contributed by atoms with van der Waals surface area (Å²) in [6.07, 6.45) is 0. The Kier molecular flexibility index (Phi) is 5.53. The summed E-state index contributed by atoms with van der Waals surface area (Å²) in [5.41, 5.74) is 6.66. The van der Waals surface area contributed by atoms with Gasteiger partial charge in [-0.05, 0) is 40.9 Å². The minimum atomic E-state index is -0.303. The van der Waals surface area contributed by atoms with Gasteiger partial charge in [-0.25, -0.2) is 4.39 Å². The van der Waals surface area contributed by atoms with Crippen LogP contribution in [0.1, 0.15) is 26.3 Å². The van der Waals surface area contributed by atoms with Gasteiger partial charge in [0.15, 0.2) is 5.82 Å². The zero-order chi connectivity index (χ0) is 13.9. The maximum absolute atomic E-state index is 14.3. The molecule has 0 radical (unpaired) electrons. The Hall–Kier alpha value is -0.680. The minimum absolute atomic E-state index is 0.194. The van der Waals surface area contributed by atoms with E-state index < -0.39 is 0 Å². The van der Waals surface area contributed by atoms with Gasteiger partial charge in [0, 0.05) is 18.7 Å². The highest BCUT2D eigenvalue weighted by Crippen LogP contribution is 2.29. The van der Waals surface area contributed by atoms with Crippen molar-refractivity contribution < 1.29 is 4.39 Å². The molecule has 2 nitrogen and oxygen atoms in total. The highest BCUT2D eigenvalue weighted by molar-refractivity contribution is 9.10. The van der Waals surface area contributed by atoms with Gasteiger partial charge in [0.05, 0.1) is 10.2 Å². The first-order valence-electron chi connectivity index (χ1n) is 5.91. The predicted molar refractivity (Wildman–Crippen MR) is 82.7 cm³/mol. The van der Waals surface area contributed by atoms with Crippen molar-refractivity contribution >= 4 is 38.8 Å². The molecule has 0 bridgehead atoms. The Labute approximate surface area is 121 Å². The topological polar surface area (TPSA) is 29.3 Å². The lowest BCUT2D eigenvalue weighted by Crippen LogP contribution is -2.28. The van der Waals surface area contributed by atoms with Gasteiger partial charge in [0.2, 0.25) is 0 Å². The molecule has 0 fully saturated rings. The fraction of sp³-hybridized carbons (Fsp3) is 0.462. The SMILES string of the molecule is CCN(CC(C)C)c1ccc(C(N)=S)c(Br)c1F. The van der Waals surface area contributed by atoms with Gasteiger partial charge in [-0.2, -0.15) is 0 Å². The summed E-state index contributed by atoms with van der Waals surface area (Å²) in [5.74, 6) is 0.168. The third-order valence-corrected chi connectivity index (χ3v) is 3.63. The summed E-state index contributed by atoms with van der Waals surface area (Å²) in [6, 6.07) is 3.49. The van der Waals surface area contributed by atoms with Crippen LogP contribution in [-0.2, 0) is 0 Å². The zero-order valence-electron chi connectivity index (χ0n) is 10.8. The van der Waals surface area contributed by atoms with Crippen molar-refractivity contribution in [3.05, 3.63) is 28.0 Å². The Morgan fingerprint density at radius 1 is 1.50 bits per heavy atom. The molecule has 0 atom stereocenters. The number of benzene rings is 1. The largest absolute Gasteiger partial charge is 0.389 e. The quantitative estimate of drug-likeness (QED) is 0.833. The highest BCUT2D eigenvalue weighted by atomic mass is 79.9. The Morgan fingerprint density at radius 2 is 2.11 bits per heavy atom. The summed E-state index contributed by atoms with van der Waals surface area (Å²) >= 11 is 8.11. The second-order valence-corrected chi connectivity index (χ2v) is 5.79. The second-order valence-electron chi connectivity index (χ2n) is 4.56. The molecule has 0 aromatic heterocycles. The van der Waals surface area contributed by atoms with Crippen LogP contribution in [0.2, 0.25) is 0 Å². The summed E-state index contributed by atoms with van der Waals surface area (Å²) < 4.78 is 14.6. The molecule has 1 rings (SSSR count). The molecule has 0 aliphatic rings. The van der Waals surface area contributed by atoms with Gasteiger partial charge >= 0.3 is 0 Å². The van der Waals surface area contributed by atoms with Crippen molar-refractivity contribution in [1.82, 2.24) is 0 Å². The normalized spacial score (nSPS) is 10.8. The highest BCUT2D eigenvalue weighted by Gasteiger charge is 2.17. The van der Waals surface area contributed by atoms with Gasteiger partial charge in [0.25, 0.3) is 0 Å². The molecule has 5 heteroatoms. The Balaban J connectivity index is 3.18. The van der Waals surface area contributed by atoms with Crippen molar-refractivity contribution in [2.24, 2.45) is 11.7 Å². The van der Waals surface area contributed by atoms with Gasteiger partial charge < -0.3 is 10.6 Å². The summed E-state index contributed by atoms with van der Waals surface area (Å²) in [4.78, 5) is 2.20. The van der Waals surface area contributed by atoms with Crippen LogP contribution in [0.25, 0.3) is 0 Å². The van der Waals surface area contributed by atoms with E-state index in [1.54, 1.807) is 12.1 Å². The molecule has 18 heavy (non-hydrogen) atoms. The standard InChI is InChI=1S/C13H18BrFN2S/c1-4-17(7-8(2)3)10-6-5-9(13(16)18)11(14)12(10)15/h5-6,8H,4,7H2,1-3H3,(H2,16,18). The third kappa shape index (κ3) is 3.42. The van der Waals surface area contributed by atoms with E-state index in [1.165, 1.54) is 0 Å². The first-order chi connectivity index (χ1) is 8.38. The molecule has 0 amide bonds. The predicted octanol–water partition coefficient (Wildman–Crippen LogP) is 3.70. The van der Waals surface area contributed by atoms with Crippen molar-refractivity contribution in [3.8, 4) is 0 Å². The molecule has 1 aromatic rings. The number of anilines is 1. The first-order valence-corrected chi connectivity index (χ1v) is 7.11. The number of halogens is 2. The summed E-state index contributed by atoms with van der Waals surface area (Å²) in [6.45, 7) is 7.80. The molecule has 0 aliphatic carbocycles. The van der Waals surface area contributed by atoms with E-state index in [2.05, 4.69) is 29.8 Å². The number of hydrogen-bond donors (Lipinski definition) is 1. The summed E-state index contributed by atoms with van der Waals surface area (Å²) in [7, 11) is 0. The second kappa shape index (κ2) is 6.48. The van der Waals surface area contributed by atoms with Crippen LogP contribution in [0.5, 0.6) is 0 Å². The monoisotopic (exact) mass is 332 g/mol. The average Bonchev–Trinajstić information content (AvgIpc) is 2.29. The lowest BCUT2D eigenvalue weighted by atomic mass is 10.1. The van der Waals surface area contributed by atoms with E-state index >= 15 is 0 Å². The molecule has 0 spiro atoms. The molecule has 1 aromatic carbocycles. The fourth-order valence-electron chi connectivity index (χ4n) is 1.81. The van der Waals surface area contributed by atoms with Crippen LogP contribution in [0.3, 0.4) is 0 Å². The molecule has 100 valence electrons. The Morgan fingerprint density at radius 3 is 2.56 bits per heavy atom. The third-order valence-electron chi connectivity index (χ3n) is 2.64. The van der Waals surface area contributed by atoms with Gasteiger partial charge in [-0.3, -0.25) is 0 Å². The van der Waals surface area contributed by atoms with Crippen LogP contribution >= 0.6 is 28.1 Å². The van der Waals surface area contributed by atoms with E-state index in [0.717, 1.165) is 13.1 Å². The van der Waals surface area contributed by atoms with Crippen molar-refractivity contribution in [3.63, 3.8) is 0 Å². The molecule has 0 aliphatic heterocycles. The molecule has 2 N–H and O–H groups in total. The van der Waals surface area contributed by atoms with Gasteiger partial charge in [-0.15, -0.1) is 0 Å².